The van der Waals surface area contributed by atoms with Crippen LogP contribution in [-0.2, 0) is 9.47 Å². The number of carbonyl (C=O) groups is 2. The Balaban J connectivity index is 1.53. The highest BCUT2D eigenvalue weighted by molar-refractivity contribution is 5.91. The van der Waals surface area contributed by atoms with Crippen molar-refractivity contribution in [2.24, 2.45) is 0 Å². The average Bonchev–Trinajstić information content (AvgIpc) is 3.01. The van der Waals surface area contributed by atoms with Crippen LogP contribution in [0.15, 0.2) is 84.9 Å². The lowest BCUT2D eigenvalue weighted by Crippen LogP contribution is -2.45. The number of amides is 1. The highest BCUT2D eigenvalue weighted by Gasteiger charge is 2.35. The average molecular weight is 594 g/mol. The van der Waals surface area contributed by atoms with Crippen molar-refractivity contribution in [2.75, 3.05) is 13.7 Å². The summed E-state index contributed by atoms with van der Waals surface area (Å²) in [7, 11) is 1.42. The first-order chi connectivity index (χ1) is 21.0. The molecule has 6 nitrogen and oxygen atoms in total. The molecule has 0 aromatic heterocycles. The van der Waals surface area contributed by atoms with Gasteiger partial charge in [0.15, 0.2) is 0 Å². The topological polar surface area (TPSA) is 65.1 Å². The van der Waals surface area contributed by atoms with Crippen molar-refractivity contribution in [3.05, 3.63) is 113 Å². The Morgan fingerprint density at radius 2 is 1.61 bits per heavy atom. The minimum absolute atomic E-state index is 0.0390. The van der Waals surface area contributed by atoms with Gasteiger partial charge < -0.3 is 14.2 Å². The highest BCUT2D eigenvalue weighted by atomic mass is 16.6. The first-order valence-electron chi connectivity index (χ1n) is 15.4. The van der Waals surface area contributed by atoms with Crippen LogP contribution < -0.4 is 4.74 Å². The van der Waals surface area contributed by atoms with Crippen LogP contribution in [0.1, 0.15) is 98.5 Å². The predicted octanol–water partition coefficient (Wildman–Crippen LogP) is 9.03. The Bertz CT molecular complexity index is 1650. The van der Waals surface area contributed by atoms with E-state index in [-0.39, 0.29) is 36.0 Å². The molecule has 1 aliphatic heterocycles. The van der Waals surface area contributed by atoms with Gasteiger partial charge in [-0.3, -0.25) is 4.90 Å². The number of fused-ring (bicyclic) bond motifs is 2. The fourth-order valence-corrected chi connectivity index (χ4v) is 6.21. The van der Waals surface area contributed by atoms with Gasteiger partial charge in [0, 0.05) is 11.5 Å². The van der Waals surface area contributed by atoms with E-state index in [9.17, 15) is 9.59 Å². The van der Waals surface area contributed by atoms with Crippen molar-refractivity contribution in [3.63, 3.8) is 0 Å². The number of rotatable bonds is 7. The van der Waals surface area contributed by atoms with Crippen LogP contribution >= 0.6 is 0 Å². The SMILES string of the molecule is COC(=O)c1cc(C2C[C@H](CN(C(=O)OC(C)(C)C)[C@H](C)c3cccc4ccccc34)Oc3ccccc32)ccc1C(C)C. The smallest absolute Gasteiger partial charge is 0.410 e. The van der Waals surface area contributed by atoms with Crippen LogP contribution in [-0.4, -0.2) is 42.3 Å². The van der Waals surface area contributed by atoms with E-state index in [1.54, 1.807) is 4.90 Å². The zero-order chi connectivity index (χ0) is 31.6. The van der Waals surface area contributed by atoms with Gasteiger partial charge in [-0.2, -0.15) is 0 Å². The fraction of sp³-hybridized carbons (Fsp3) is 0.368. The van der Waals surface area contributed by atoms with Crippen LogP contribution in [0.5, 0.6) is 5.75 Å². The summed E-state index contributed by atoms with van der Waals surface area (Å²) >= 11 is 0. The summed E-state index contributed by atoms with van der Waals surface area (Å²) in [5.41, 5.74) is 4.01. The van der Waals surface area contributed by atoms with Crippen LogP contribution in [0.25, 0.3) is 10.8 Å². The zero-order valence-corrected chi connectivity index (χ0v) is 26.8. The van der Waals surface area contributed by atoms with Gasteiger partial charge in [0.25, 0.3) is 0 Å². The largest absolute Gasteiger partial charge is 0.488 e. The minimum atomic E-state index is -0.654. The molecule has 0 fully saturated rings. The van der Waals surface area contributed by atoms with Crippen LogP contribution in [0, 0.1) is 0 Å². The Morgan fingerprint density at radius 3 is 2.34 bits per heavy atom. The second kappa shape index (κ2) is 12.7. The molecule has 1 aliphatic rings. The Labute approximate surface area is 260 Å². The summed E-state index contributed by atoms with van der Waals surface area (Å²) in [6.07, 6.45) is -0.0716. The number of nitrogens with zero attached hydrogens (tertiary/aromatic N) is 1. The van der Waals surface area contributed by atoms with Gasteiger partial charge in [0.2, 0.25) is 0 Å². The first kappa shape index (κ1) is 31.1. The van der Waals surface area contributed by atoms with Gasteiger partial charge in [0.05, 0.1) is 25.3 Å². The van der Waals surface area contributed by atoms with Crippen LogP contribution in [0.4, 0.5) is 4.79 Å². The quantitative estimate of drug-likeness (QED) is 0.200. The third kappa shape index (κ3) is 6.59. The highest BCUT2D eigenvalue weighted by Crippen LogP contribution is 2.42. The molecule has 0 N–H and O–H groups in total. The lowest BCUT2D eigenvalue weighted by atomic mass is 9.82. The molecule has 6 heteroatoms. The number of para-hydroxylation sites is 1. The third-order valence-electron chi connectivity index (χ3n) is 8.36. The molecule has 0 saturated carbocycles. The molecular formula is C38H43NO5. The molecule has 230 valence electrons. The van der Waals surface area contributed by atoms with E-state index in [2.05, 4.69) is 50.2 Å². The first-order valence-corrected chi connectivity index (χ1v) is 15.4. The number of methoxy groups -OCH3 is 1. The lowest BCUT2D eigenvalue weighted by Gasteiger charge is -2.38. The summed E-state index contributed by atoms with van der Waals surface area (Å²) < 4.78 is 17.7. The van der Waals surface area contributed by atoms with Crippen molar-refractivity contribution in [3.8, 4) is 5.75 Å². The van der Waals surface area contributed by atoms with Gasteiger partial charge >= 0.3 is 12.1 Å². The number of esters is 1. The van der Waals surface area contributed by atoms with E-state index < -0.39 is 5.60 Å². The summed E-state index contributed by atoms with van der Waals surface area (Å²) in [5, 5.41) is 2.22. The van der Waals surface area contributed by atoms with Gasteiger partial charge in [0.1, 0.15) is 17.5 Å². The van der Waals surface area contributed by atoms with E-state index in [0.29, 0.717) is 18.5 Å². The van der Waals surface area contributed by atoms with Gasteiger partial charge in [-0.15, -0.1) is 0 Å². The third-order valence-corrected chi connectivity index (χ3v) is 8.36. The van der Waals surface area contributed by atoms with E-state index >= 15 is 0 Å². The Kier molecular flexibility index (Phi) is 9.00. The maximum atomic E-state index is 13.8. The van der Waals surface area contributed by atoms with E-state index in [1.165, 1.54) is 7.11 Å². The van der Waals surface area contributed by atoms with Crippen molar-refractivity contribution < 1.29 is 23.8 Å². The number of ether oxygens (including phenoxy) is 3. The molecule has 5 rings (SSSR count). The molecule has 44 heavy (non-hydrogen) atoms. The standard InChI is InChI=1S/C38H43NO5/c1-24(2)29-20-19-27(21-34(29)36(40)42-7)33-22-28(43-35-18-11-10-16-32(33)35)23-39(37(41)44-38(4,5)6)25(3)30-17-12-14-26-13-8-9-15-31(26)30/h8-21,24-25,28,33H,22-23H2,1-7H3/t25-,28-,33?/m1/s1. The van der Waals surface area contributed by atoms with E-state index in [1.807, 2.05) is 76.2 Å². The second-order valence-corrected chi connectivity index (χ2v) is 12.9. The molecule has 4 aromatic carbocycles. The molecular weight excluding hydrogens is 550 g/mol. The van der Waals surface area contributed by atoms with Gasteiger partial charge in [-0.25, -0.2) is 9.59 Å². The predicted molar refractivity (Wildman–Crippen MR) is 174 cm³/mol. The molecule has 0 spiro atoms. The van der Waals surface area contributed by atoms with Crippen LogP contribution in [0.2, 0.25) is 0 Å². The maximum absolute atomic E-state index is 13.8. The number of hydrogen-bond donors (Lipinski definition) is 0. The molecule has 3 atom stereocenters. The normalized spacial score (nSPS) is 17.0. The van der Waals surface area contributed by atoms with Crippen molar-refractivity contribution in [2.45, 2.75) is 77.5 Å². The van der Waals surface area contributed by atoms with E-state index in [0.717, 1.165) is 38.8 Å². The van der Waals surface area contributed by atoms with Crippen molar-refractivity contribution in [1.82, 2.24) is 4.90 Å². The molecule has 0 radical (unpaired) electrons. The molecule has 0 bridgehead atoms. The zero-order valence-electron chi connectivity index (χ0n) is 26.8. The minimum Gasteiger partial charge on any atom is -0.488 e. The summed E-state index contributed by atoms with van der Waals surface area (Å²) in [4.78, 5) is 28.4. The summed E-state index contributed by atoms with van der Waals surface area (Å²) in [5.74, 6) is 0.574. The van der Waals surface area contributed by atoms with Crippen molar-refractivity contribution >= 4 is 22.8 Å². The number of hydrogen-bond acceptors (Lipinski definition) is 5. The second-order valence-electron chi connectivity index (χ2n) is 12.9. The Morgan fingerprint density at radius 1 is 0.909 bits per heavy atom. The molecule has 1 amide bonds. The van der Waals surface area contributed by atoms with E-state index in [4.69, 9.17) is 14.2 Å². The molecule has 1 heterocycles. The molecule has 0 saturated heterocycles. The lowest BCUT2D eigenvalue weighted by molar-refractivity contribution is 0.00569. The molecule has 4 aromatic rings. The molecule has 1 unspecified atom stereocenters. The van der Waals surface area contributed by atoms with Gasteiger partial charge in [-0.1, -0.05) is 86.6 Å². The number of benzene rings is 4. The molecule has 0 aliphatic carbocycles. The fourth-order valence-electron chi connectivity index (χ4n) is 6.21. The summed E-state index contributed by atoms with van der Waals surface area (Å²) in [6.45, 7) is 12.2. The monoisotopic (exact) mass is 593 g/mol. The van der Waals surface area contributed by atoms with Crippen LogP contribution in [0.3, 0.4) is 0 Å². The van der Waals surface area contributed by atoms with Gasteiger partial charge in [-0.05, 0) is 79.6 Å². The Hall–Kier alpha value is -4.32. The van der Waals surface area contributed by atoms with Crippen molar-refractivity contribution in [1.29, 1.82) is 0 Å². The number of carbonyl (C=O) groups excluding carboxylic acids is 2. The maximum Gasteiger partial charge on any atom is 0.410 e. The summed E-state index contributed by atoms with van der Waals surface area (Å²) in [6, 6.07) is 28.3.